The average molecular weight is 628 g/mol. The van der Waals surface area contributed by atoms with Gasteiger partial charge in [-0.3, -0.25) is 9.36 Å². The number of halogens is 2. The van der Waals surface area contributed by atoms with Crippen LogP contribution in [-0.4, -0.2) is 11.2 Å². The molecule has 4 aromatic rings. The molecule has 2 aromatic heterocycles. The minimum Gasteiger partial charge on any atom is -0.492 e. The number of benzene rings is 2. The molecule has 0 spiro atoms. The quantitative estimate of drug-likeness (QED) is 0.266. The summed E-state index contributed by atoms with van der Waals surface area (Å²) in [5.74, 6) is 0.759. The van der Waals surface area contributed by atoms with Gasteiger partial charge in [0.05, 0.1) is 31.8 Å². The Morgan fingerprint density at radius 2 is 1.94 bits per heavy atom. The smallest absolute Gasteiger partial charge is 0.271 e. The maximum absolute atomic E-state index is 13.8. The highest BCUT2D eigenvalue weighted by Crippen LogP contribution is 2.42. The van der Waals surface area contributed by atoms with Crippen molar-refractivity contribution in [3.05, 3.63) is 110 Å². The van der Waals surface area contributed by atoms with Gasteiger partial charge in [0.25, 0.3) is 5.56 Å². The molecule has 2 aromatic carbocycles. The van der Waals surface area contributed by atoms with E-state index in [9.17, 15) is 4.79 Å². The molecule has 0 saturated heterocycles. The molecule has 0 N–H and O–H groups in total. The van der Waals surface area contributed by atoms with Crippen molar-refractivity contribution in [3.8, 4) is 5.75 Å². The first-order chi connectivity index (χ1) is 17.0. The number of aryl methyl sites for hydroxylation is 1. The fourth-order valence-corrected chi connectivity index (χ4v) is 8.11. The van der Waals surface area contributed by atoms with Crippen LogP contribution in [0.3, 0.4) is 0 Å². The van der Waals surface area contributed by atoms with Gasteiger partial charge in [0.2, 0.25) is 0 Å². The van der Waals surface area contributed by atoms with E-state index in [-0.39, 0.29) is 11.6 Å². The van der Waals surface area contributed by atoms with E-state index in [1.165, 1.54) is 32.9 Å². The van der Waals surface area contributed by atoms with Crippen LogP contribution in [0.4, 0.5) is 0 Å². The van der Waals surface area contributed by atoms with E-state index in [1.54, 1.807) is 11.3 Å². The molecule has 35 heavy (non-hydrogen) atoms. The SMILES string of the molecule is CCOc1c(Br)cc(/C=c2/sc3n(c2=O)[C@H](c2cccs2)C2=C(N=3)c3ccccc3CC2)cc1Br. The molecule has 0 bridgehead atoms. The monoisotopic (exact) mass is 626 g/mol. The van der Waals surface area contributed by atoms with Crippen LogP contribution >= 0.6 is 54.5 Å². The third-order valence-electron chi connectivity index (χ3n) is 6.29. The second-order valence-corrected chi connectivity index (χ2v) is 12.1. The summed E-state index contributed by atoms with van der Waals surface area (Å²) in [4.78, 5) is 20.8. The largest absolute Gasteiger partial charge is 0.492 e. The van der Waals surface area contributed by atoms with E-state index in [2.05, 4.69) is 73.6 Å². The summed E-state index contributed by atoms with van der Waals surface area (Å²) in [6, 6.07) is 16.5. The Bertz CT molecular complexity index is 1640. The van der Waals surface area contributed by atoms with Gasteiger partial charge in [0, 0.05) is 10.4 Å². The van der Waals surface area contributed by atoms with Gasteiger partial charge >= 0.3 is 0 Å². The minimum absolute atomic E-state index is 0.00121. The summed E-state index contributed by atoms with van der Waals surface area (Å²) >= 11 is 10.3. The predicted molar refractivity (Wildman–Crippen MR) is 150 cm³/mol. The summed E-state index contributed by atoms with van der Waals surface area (Å²) < 4.78 is 9.96. The Labute approximate surface area is 227 Å². The van der Waals surface area contributed by atoms with E-state index in [0.717, 1.165) is 43.6 Å². The molecule has 0 saturated carbocycles. The molecule has 1 atom stereocenters. The van der Waals surface area contributed by atoms with Gasteiger partial charge in [0.15, 0.2) is 4.80 Å². The Hall–Kier alpha value is -2.26. The van der Waals surface area contributed by atoms with Crippen molar-refractivity contribution in [2.45, 2.75) is 25.8 Å². The third-order valence-corrected chi connectivity index (χ3v) is 9.38. The zero-order chi connectivity index (χ0) is 24.1. The number of nitrogens with zero attached hydrogens (tertiary/aromatic N) is 2. The highest BCUT2D eigenvalue weighted by atomic mass is 79.9. The summed E-state index contributed by atoms with van der Waals surface area (Å²) in [5, 5.41) is 2.08. The van der Waals surface area contributed by atoms with Crippen LogP contribution in [0.2, 0.25) is 0 Å². The first-order valence-electron chi connectivity index (χ1n) is 11.3. The van der Waals surface area contributed by atoms with Crippen LogP contribution in [0, 0.1) is 0 Å². The lowest BCUT2D eigenvalue weighted by atomic mass is 9.85. The number of rotatable bonds is 4. The molecule has 1 aliphatic carbocycles. The summed E-state index contributed by atoms with van der Waals surface area (Å²) in [6.45, 7) is 2.53. The maximum Gasteiger partial charge on any atom is 0.271 e. The topological polar surface area (TPSA) is 43.6 Å². The number of hydrogen-bond acceptors (Lipinski definition) is 5. The van der Waals surface area contributed by atoms with Crippen molar-refractivity contribution in [2.75, 3.05) is 6.61 Å². The van der Waals surface area contributed by atoms with Crippen LogP contribution < -0.4 is 19.6 Å². The van der Waals surface area contributed by atoms with Crippen LogP contribution in [0.15, 0.2) is 78.2 Å². The normalized spacial score (nSPS) is 17.0. The van der Waals surface area contributed by atoms with Gasteiger partial charge in [-0.2, -0.15) is 0 Å². The third kappa shape index (κ3) is 4.00. The Morgan fingerprint density at radius 1 is 1.14 bits per heavy atom. The number of thiophene rings is 1. The minimum atomic E-state index is -0.115. The van der Waals surface area contributed by atoms with Gasteiger partial charge in [-0.15, -0.1) is 11.3 Å². The van der Waals surface area contributed by atoms with Crippen LogP contribution in [0.1, 0.15) is 41.0 Å². The highest BCUT2D eigenvalue weighted by Gasteiger charge is 2.33. The number of ether oxygens (including phenoxy) is 1. The van der Waals surface area contributed by atoms with Crippen molar-refractivity contribution < 1.29 is 4.74 Å². The number of allylic oxidation sites excluding steroid dienone is 1. The molecule has 8 heteroatoms. The lowest BCUT2D eigenvalue weighted by Gasteiger charge is -2.30. The molecule has 2 aliphatic rings. The zero-order valence-corrected chi connectivity index (χ0v) is 23.6. The van der Waals surface area contributed by atoms with Crippen molar-refractivity contribution in [1.82, 2.24) is 4.57 Å². The van der Waals surface area contributed by atoms with Crippen LogP contribution in [0.5, 0.6) is 5.75 Å². The zero-order valence-electron chi connectivity index (χ0n) is 18.8. The Balaban J connectivity index is 1.56. The van der Waals surface area contributed by atoms with Crippen molar-refractivity contribution in [1.29, 1.82) is 0 Å². The molecular formula is C27H20Br2N2O2S2. The van der Waals surface area contributed by atoms with E-state index in [0.29, 0.717) is 11.1 Å². The molecule has 1 aliphatic heterocycles. The first-order valence-corrected chi connectivity index (χ1v) is 14.6. The lowest BCUT2D eigenvalue weighted by Crippen LogP contribution is -2.38. The van der Waals surface area contributed by atoms with E-state index in [4.69, 9.17) is 9.73 Å². The molecule has 4 nitrogen and oxygen atoms in total. The molecular weight excluding hydrogens is 608 g/mol. The van der Waals surface area contributed by atoms with E-state index < -0.39 is 0 Å². The van der Waals surface area contributed by atoms with Crippen molar-refractivity contribution in [3.63, 3.8) is 0 Å². The number of thiazole rings is 1. The second kappa shape index (κ2) is 9.32. The van der Waals surface area contributed by atoms with E-state index in [1.807, 2.05) is 29.7 Å². The fraction of sp³-hybridized carbons (Fsp3) is 0.185. The highest BCUT2D eigenvalue weighted by molar-refractivity contribution is 9.11. The summed E-state index contributed by atoms with van der Waals surface area (Å²) in [5.41, 5.74) is 5.69. The predicted octanol–water partition coefficient (Wildman–Crippen LogP) is 6.30. The van der Waals surface area contributed by atoms with Gasteiger partial charge in [-0.05, 0) is 98.0 Å². The van der Waals surface area contributed by atoms with Gasteiger partial charge in [-0.1, -0.05) is 41.7 Å². The van der Waals surface area contributed by atoms with Crippen molar-refractivity contribution >= 4 is 66.3 Å². The first kappa shape index (κ1) is 23.2. The Morgan fingerprint density at radius 3 is 2.69 bits per heavy atom. The average Bonchev–Trinajstić information content (AvgIpc) is 3.49. The summed E-state index contributed by atoms with van der Waals surface area (Å²) in [7, 11) is 0. The van der Waals surface area contributed by atoms with Crippen LogP contribution in [0.25, 0.3) is 11.8 Å². The van der Waals surface area contributed by atoms with Gasteiger partial charge < -0.3 is 4.74 Å². The number of aromatic nitrogens is 1. The second-order valence-electron chi connectivity index (χ2n) is 8.38. The molecule has 0 unspecified atom stereocenters. The summed E-state index contributed by atoms with van der Waals surface area (Å²) in [6.07, 6.45) is 3.81. The maximum atomic E-state index is 13.8. The number of hydrogen-bond donors (Lipinski definition) is 0. The van der Waals surface area contributed by atoms with Crippen LogP contribution in [-0.2, 0) is 6.42 Å². The van der Waals surface area contributed by atoms with Gasteiger partial charge in [-0.25, -0.2) is 4.99 Å². The molecule has 0 amide bonds. The molecule has 176 valence electrons. The number of fused-ring (bicyclic) bond motifs is 3. The lowest BCUT2D eigenvalue weighted by molar-refractivity contribution is 0.336. The molecule has 0 radical (unpaired) electrons. The van der Waals surface area contributed by atoms with Gasteiger partial charge in [0.1, 0.15) is 5.75 Å². The molecule has 6 rings (SSSR count). The fourth-order valence-electron chi connectivity index (χ4n) is 4.81. The standard InChI is InChI=1S/C27H20Br2N2O2S2/c1-2-33-25-19(28)12-15(13-20(25)29)14-22-26(32)31-24(21-8-5-11-34-21)18-10-9-16-6-3-4-7-17(16)23(18)30-27(31)35-22/h3-8,11-14,24H,2,9-10H2,1H3/b22-14+/t24-/m0/s1. The molecule has 3 heterocycles. The molecule has 0 fully saturated rings. The van der Waals surface area contributed by atoms with E-state index >= 15 is 0 Å². The van der Waals surface area contributed by atoms with Crippen molar-refractivity contribution in [2.24, 2.45) is 4.99 Å². The Kier molecular flexibility index (Phi) is 6.16.